The van der Waals surface area contributed by atoms with Crippen molar-refractivity contribution in [2.75, 3.05) is 0 Å². The fourth-order valence-electron chi connectivity index (χ4n) is 3.15. The molecule has 1 aliphatic heterocycles. The van der Waals surface area contributed by atoms with Crippen LogP contribution in [0.15, 0.2) is 78.9 Å². The molecule has 4 rings (SSSR count). The van der Waals surface area contributed by atoms with Gasteiger partial charge in [0.05, 0.1) is 13.2 Å². The van der Waals surface area contributed by atoms with Crippen molar-refractivity contribution in [2.24, 2.45) is 0 Å². The third-order valence-electron chi connectivity index (χ3n) is 4.63. The van der Waals surface area contributed by atoms with Gasteiger partial charge in [-0.25, -0.2) is 0 Å². The van der Waals surface area contributed by atoms with E-state index in [2.05, 4.69) is 0 Å². The lowest BCUT2D eigenvalue weighted by Gasteiger charge is -2.25. The SMILES string of the molecule is O=P(OCc1ccccc1)(OCc1ccccc1)C1OB(O)c2ccc(Cl)cc21. The van der Waals surface area contributed by atoms with Gasteiger partial charge in [0.2, 0.25) is 0 Å². The Balaban J connectivity index is 1.63. The second-order valence-corrected chi connectivity index (χ2v) is 9.17. The highest BCUT2D eigenvalue weighted by atomic mass is 35.5. The lowest BCUT2D eigenvalue weighted by atomic mass is 9.80. The van der Waals surface area contributed by atoms with Gasteiger partial charge in [-0.1, -0.05) is 78.3 Å². The Morgan fingerprint density at radius 1 is 0.931 bits per heavy atom. The van der Waals surface area contributed by atoms with Gasteiger partial charge < -0.3 is 18.7 Å². The molecule has 0 amide bonds. The Kier molecular flexibility index (Phi) is 6.21. The van der Waals surface area contributed by atoms with Crippen molar-refractivity contribution in [2.45, 2.75) is 19.1 Å². The molecule has 1 aliphatic rings. The summed E-state index contributed by atoms with van der Waals surface area (Å²) in [6.45, 7) is 0.164. The zero-order valence-electron chi connectivity index (χ0n) is 15.5. The minimum Gasteiger partial charge on any atom is -0.423 e. The van der Waals surface area contributed by atoms with E-state index in [-0.39, 0.29) is 13.2 Å². The van der Waals surface area contributed by atoms with Crippen LogP contribution in [0.25, 0.3) is 0 Å². The van der Waals surface area contributed by atoms with Crippen molar-refractivity contribution >= 4 is 31.8 Å². The fourth-order valence-corrected chi connectivity index (χ4v) is 5.16. The van der Waals surface area contributed by atoms with Gasteiger partial charge in [-0.3, -0.25) is 4.57 Å². The van der Waals surface area contributed by atoms with E-state index in [0.717, 1.165) is 11.1 Å². The van der Waals surface area contributed by atoms with E-state index in [1.807, 2.05) is 60.7 Å². The number of benzene rings is 3. The molecule has 29 heavy (non-hydrogen) atoms. The summed E-state index contributed by atoms with van der Waals surface area (Å²) in [6, 6.07) is 23.7. The Morgan fingerprint density at radius 3 is 2.03 bits per heavy atom. The Hall–Kier alpha value is -1.92. The lowest BCUT2D eigenvalue weighted by molar-refractivity contribution is 0.139. The molecule has 0 aliphatic carbocycles. The molecule has 0 radical (unpaired) electrons. The predicted octanol–water partition coefficient (Wildman–Crippen LogP) is 4.68. The van der Waals surface area contributed by atoms with E-state index < -0.39 is 20.6 Å². The third-order valence-corrected chi connectivity index (χ3v) is 6.82. The summed E-state index contributed by atoms with van der Waals surface area (Å²) in [5, 5.41) is 10.7. The van der Waals surface area contributed by atoms with E-state index in [1.165, 1.54) is 0 Å². The van der Waals surface area contributed by atoms with E-state index in [1.54, 1.807) is 18.2 Å². The Bertz CT molecular complexity index is 971. The average molecular weight is 429 g/mol. The minimum atomic E-state index is -3.83. The summed E-state index contributed by atoms with van der Waals surface area (Å²) >= 11 is 6.12. The van der Waals surface area contributed by atoms with Crippen LogP contribution in [-0.4, -0.2) is 12.1 Å². The molecule has 0 bridgehead atoms. The van der Waals surface area contributed by atoms with Crippen molar-refractivity contribution in [1.29, 1.82) is 0 Å². The van der Waals surface area contributed by atoms with Crippen LogP contribution < -0.4 is 5.46 Å². The van der Waals surface area contributed by atoms with Crippen LogP contribution in [0.5, 0.6) is 0 Å². The molecule has 1 atom stereocenters. The van der Waals surface area contributed by atoms with Crippen molar-refractivity contribution in [3.05, 3.63) is 101 Å². The first-order valence-corrected chi connectivity index (χ1v) is 11.1. The first-order chi connectivity index (χ1) is 14.0. The van der Waals surface area contributed by atoms with Crippen LogP contribution in [0.3, 0.4) is 0 Å². The van der Waals surface area contributed by atoms with Gasteiger partial charge in [-0.05, 0) is 34.3 Å². The molecule has 1 unspecified atom stereocenters. The number of hydrogen-bond acceptors (Lipinski definition) is 5. The molecule has 148 valence electrons. The summed E-state index contributed by atoms with van der Waals surface area (Å²) in [4.78, 5) is 0. The summed E-state index contributed by atoms with van der Waals surface area (Å²) in [5.41, 5.74) is 2.71. The Labute approximate surface area is 174 Å². The highest BCUT2D eigenvalue weighted by molar-refractivity contribution is 7.54. The van der Waals surface area contributed by atoms with Gasteiger partial charge in [0.1, 0.15) is 0 Å². The van der Waals surface area contributed by atoms with Gasteiger partial charge in [-0.2, -0.15) is 0 Å². The van der Waals surface area contributed by atoms with Gasteiger partial charge in [0, 0.05) is 5.02 Å². The maximum absolute atomic E-state index is 13.9. The van der Waals surface area contributed by atoms with Gasteiger partial charge in [-0.15, -0.1) is 0 Å². The molecular formula is C21H19BClO5P. The van der Waals surface area contributed by atoms with Crippen molar-refractivity contribution < 1.29 is 23.3 Å². The lowest BCUT2D eigenvalue weighted by Crippen LogP contribution is -2.27. The molecule has 1 N–H and O–H groups in total. The van der Waals surface area contributed by atoms with Crippen LogP contribution in [0.2, 0.25) is 5.02 Å². The van der Waals surface area contributed by atoms with Crippen LogP contribution in [0.4, 0.5) is 0 Å². The van der Waals surface area contributed by atoms with Gasteiger partial charge in [0.25, 0.3) is 0 Å². The molecule has 0 spiro atoms. The highest BCUT2D eigenvalue weighted by Crippen LogP contribution is 2.63. The van der Waals surface area contributed by atoms with Crippen LogP contribution in [0.1, 0.15) is 22.5 Å². The maximum Gasteiger partial charge on any atom is 0.492 e. The highest BCUT2D eigenvalue weighted by Gasteiger charge is 2.48. The second-order valence-electron chi connectivity index (χ2n) is 6.67. The van der Waals surface area contributed by atoms with Crippen LogP contribution in [-0.2, 0) is 31.5 Å². The molecule has 0 aromatic heterocycles. The smallest absolute Gasteiger partial charge is 0.423 e. The molecule has 1 heterocycles. The van der Waals surface area contributed by atoms with Crippen molar-refractivity contribution in [1.82, 2.24) is 0 Å². The molecule has 0 saturated heterocycles. The second kappa shape index (κ2) is 8.84. The van der Waals surface area contributed by atoms with Crippen LogP contribution >= 0.6 is 19.2 Å². The largest absolute Gasteiger partial charge is 0.492 e. The summed E-state index contributed by atoms with van der Waals surface area (Å²) in [6.07, 6.45) is 0. The predicted molar refractivity (Wildman–Crippen MR) is 113 cm³/mol. The van der Waals surface area contributed by atoms with Gasteiger partial charge >= 0.3 is 14.7 Å². The normalized spacial score (nSPS) is 16.1. The monoisotopic (exact) mass is 428 g/mol. The first-order valence-electron chi connectivity index (χ1n) is 9.15. The Morgan fingerprint density at radius 2 is 1.48 bits per heavy atom. The van der Waals surface area contributed by atoms with E-state index in [9.17, 15) is 9.59 Å². The molecule has 8 heteroatoms. The zero-order valence-corrected chi connectivity index (χ0v) is 17.1. The third kappa shape index (κ3) is 4.64. The van der Waals surface area contributed by atoms with E-state index in [0.29, 0.717) is 16.0 Å². The number of halogens is 1. The topological polar surface area (TPSA) is 65.0 Å². The van der Waals surface area contributed by atoms with Crippen molar-refractivity contribution in [3.8, 4) is 0 Å². The average Bonchev–Trinajstić information content (AvgIpc) is 3.09. The molecule has 0 saturated carbocycles. The maximum atomic E-state index is 13.9. The number of fused-ring (bicyclic) bond motifs is 1. The quantitative estimate of drug-likeness (QED) is 0.437. The summed E-state index contributed by atoms with van der Waals surface area (Å²) < 4.78 is 31.1. The summed E-state index contributed by atoms with van der Waals surface area (Å²) in [7, 11) is -5.05. The van der Waals surface area contributed by atoms with Crippen LogP contribution in [0, 0.1) is 0 Å². The summed E-state index contributed by atoms with van der Waals surface area (Å²) in [5.74, 6) is -1.07. The van der Waals surface area contributed by atoms with Gasteiger partial charge in [0.15, 0.2) is 5.85 Å². The van der Waals surface area contributed by atoms with Crippen molar-refractivity contribution in [3.63, 3.8) is 0 Å². The molecule has 3 aromatic rings. The number of rotatable bonds is 7. The minimum absolute atomic E-state index is 0.0821. The first kappa shape index (κ1) is 20.4. The zero-order chi connectivity index (χ0) is 20.3. The fraction of sp³-hybridized carbons (Fsp3) is 0.143. The molecule has 0 fully saturated rings. The number of hydrogen-bond donors (Lipinski definition) is 1. The standard InChI is InChI=1S/C21H19BClO5P/c23-18-11-12-20-19(13-18)21(28-22(20)24)29(25,26-14-16-7-3-1-4-8-16)27-15-17-9-5-2-6-10-17/h1-13,21,24H,14-15H2. The van der Waals surface area contributed by atoms with E-state index >= 15 is 0 Å². The molecule has 3 aromatic carbocycles. The molecule has 5 nitrogen and oxygen atoms in total. The van der Waals surface area contributed by atoms with E-state index in [4.69, 9.17) is 25.3 Å². The molecular weight excluding hydrogens is 409 g/mol.